The van der Waals surface area contributed by atoms with Gasteiger partial charge in [-0.1, -0.05) is 30.3 Å². The Hall–Kier alpha value is -3.01. The molecule has 0 aliphatic heterocycles. The first-order valence-corrected chi connectivity index (χ1v) is 9.07. The minimum Gasteiger partial charge on any atom is -0.465 e. The number of rotatable bonds is 8. The van der Waals surface area contributed by atoms with Crippen LogP contribution in [0.3, 0.4) is 0 Å². The van der Waals surface area contributed by atoms with Crippen LogP contribution >= 0.6 is 0 Å². The van der Waals surface area contributed by atoms with Crippen LogP contribution < -0.4 is 5.32 Å². The number of hydrogen-bond acceptors (Lipinski definition) is 5. The van der Waals surface area contributed by atoms with Gasteiger partial charge >= 0.3 is 12.1 Å². The van der Waals surface area contributed by atoms with E-state index in [-0.39, 0.29) is 26.1 Å². The van der Waals surface area contributed by atoms with E-state index in [0.717, 1.165) is 5.56 Å². The lowest BCUT2D eigenvalue weighted by molar-refractivity contribution is -0.149. The first-order chi connectivity index (χ1) is 13.2. The average molecular weight is 388 g/mol. The SMILES string of the molecule is C#CCC(NC(=O)OC(C)(C)C)C(=O)N(CC(=O)OCC)Cc1ccccc1. The summed E-state index contributed by atoms with van der Waals surface area (Å²) < 4.78 is 10.2. The van der Waals surface area contributed by atoms with Gasteiger partial charge < -0.3 is 19.7 Å². The van der Waals surface area contributed by atoms with Crippen molar-refractivity contribution in [2.75, 3.05) is 13.2 Å². The molecule has 0 aliphatic carbocycles. The third kappa shape index (κ3) is 8.58. The maximum atomic E-state index is 13.0. The molecule has 0 bridgehead atoms. The summed E-state index contributed by atoms with van der Waals surface area (Å²) in [4.78, 5) is 38.4. The van der Waals surface area contributed by atoms with Gasteiger partial charge in [0, 0.05) is 13.0 Å². The number of nitrogens with zero attached hydrogens (tertiary/aromatic N) is 1. The molecule has 1 atom stereocenters. The summed E-state index contributed by atoms with van der Waals surface area (Å²) in [6, 6.07) is 8.18. The fraction of sp³-hybridized carbons (Fsp3) is 0.476. The summed E-state index contributed by atoms with van der Waals surface area (Å²) in [5.74, 6) is 1.36. The number of ether oxygens (including phenoxy) is 2. The first kappa shape index (κ1) is 23.0. The number of esters is 1. The molecular formula is C21H28N2O5. The molecule has 7 heteroatoms. The Balaban J connectivity index is 2.98. The molecule has 1 aromatic rings. The maximum Gasteiger partial charge on any atom is 0.408 e. The number of carbonyl (C=O) groups excluding carboxylic acids is 3. The van der Waals surface area contributed by atoms with E-state index >= 15 is 0 Å². The van der Waals surface area contributed by atoms with Crippen LogP contribution in [0.4, 0.5) is 4.79 Å². The van der Waals surface area contributed by atoms with Gasteiger partial charge in [0.1, 0.15) is 18.2 Å². The molecule has 7 nitrogen and oxygen atoms in total. The molecule has 0 radical (unpaired) electrons. The number of terminal acetylenes is 1. The van der Waals surface area contributed by atoms with Crippen LogP contribution in [-0.4, -0.2) is 47.7 Å². The van der Waals surface area contributed by atoms with Crippen molar-refractivity contribution in [1.29, 1.82) is 0 Å². The van der Waals surface area contributed by atoms with Gasteiger partial charge in [-0.25, -0.2) is 4.79 Å². The van der Waals surface area contributed by atoms with Gasteiger partial charge in [-0.2, -0.15) is 0 Å². The Morgan fingerprint density at radius 3 is 2.39 bits per heavy atom. The molecule has 1 aromatic carbocycles. The summed E-state index contributed by atoms with van der Waals surface area (Å²) in [7, 11) is 0. The summed E-state index contributed by atoms with van der Waals surface area (Å²) in [5, 5.41) is 2.50. The van der Waals surface area contributed by atoms with Gasteiger partial charge in [-0.15, -0.1) is 12.3 Å². The molecule has 1 rings (SSSR count). The molecule has 152 valence electrons. The Morgan fingerprint density at radius 1 is 1.21 bits per heavy atom. The van der Waals surface area contributed by atoms with E-state index in [4.69, 9.17) is 15.9 Å². The number of benzene rings is 1. The molecule has 0 saturated carbocycles. The zero-order chi connectivity index (χ0) is 21.2. The first-order valence-electron chi connectivity index (χ1n) is 9.07. The fourth-order valence-corrected chi connectivity index (χ4v) is 2.37. The van der Waals surface area contributed by atoms with Crippen LogP contribution in [0.25, 0.3) is 0 Å². The lowest BCUT2D eigenvalue weighted by Crippen LogP contribution is -2.50. The van der Waals surface area contributed by atoms with Gasteiger partial charge in [-0.05, 0) is 33.3 Å². The normalized spacial score (nSPS) is 11.7. The van der Waals surface area contributed by atoms with Crippen molar-refractivity contribution in [3.05, 3.63) is 35.9 Å². The van der Waals surface area contributed by atoms with Crippen LogP contribution in [0.5, 0.6) is 0 Å². The molecule has 0 aromatic heterocycles. The molecule has 1 N–H and O–H groups in total. The molecule has 0 heterocycles. The zero-order valence-electron chi connectivity index (χ0n) is 16.9. The smallest absolute Gasteiger partial charge is 0.408 e. The Kier molecular flexibility index (Phi) is 9.03. The fourth-order valence-electron chi connectivity index (χ4n) is 2.37. The molecule has 0 spiro atoms. The highest BCUT2D eigenvalue weighted by Gasteiger charge is 2.29. The molecule has 2 amide bonds. The van der Waals surface area contributed by atoms with Gasteiger partial charge in [0.05, 0.1) is 6.61 Å². The van der Waals surface area contributed by atoms with Crippen molar-refractivity contribution in [2.24, 2.45) is 0 Å². The van der Waals surface area contributed by atoms with Crippen LogP contribution in [0.1, 0.15) is 39.7 Å². The highest BCUT2D eigenvalue weighted by Crippen LogP contribution is 2.11. The Labute approximate surface area is 166 Å². The van der Waals surface area contributed by atoms with Crippen molar-refractivity contribution >= 4 is 18.0 Å². The molecule has 0 aliphatic rings. The second-order valence-electron chi connectivity index (χ2n) is 7.09. The van der Waals surface area contributed by atoms with E-state index in [2.05, 4.69) is 11.2 Å². The molecule has 0 fully saturated rings. The summed E-state index contributed by atoms with van der Waals surface area (Å²) in [6.45, 7) is 6.96. The van der Waals surface area contributed by atoms with E-state index in [9.17, 15) is 14.4 Å². The van der Waals surface area contributed by atoms with Crippen molar-refractivity contribution in [3.8, 4) is 12.3 Å². The predicted octanol–water partition coefficient (Wildman–Crippen LogP) is 2.49. The minimum atomic E-state index is -1.02. The maximum absolute atomic E-state index is 13.0. The highest BCUT2D eigenvalue weighted by molar-refractivity contribution is 5.88. The number of carbonyl (C=O) groups is 3. The highest BCUT2D eigenvalue weighted by atomic mass is 16.6. The third-order valence-corrected chi connectivity index (χ3v) is 3.46. The topological polar surface area (TPSA) is 84.9 Å². The molecular weight excluding hydrogens is 360 g/mol. The van der Waals surface area contributed by atoms with Crippen LogP contribution in [0, 0.1) is 12.3 Å². The summed E-state index contributed by atoms with van der Waals surface area (Å²) in [5.41, 5.74) is 0.111. The van der Waals surface area contributed by atoms with Crippen LogP contribution in [-0.2, 0) is 25.6 Å². The second-order valence-corrected chi connectivity index (χ2v) is 7.09. The van der Waals surface area contributed by atoms with E-state index in [0.29, 0.717) is 0 Å². The monoisotopic (exact) mass is 388 g/mol. The number of nitrogens with one attached hydrogen (secondary N) is 1. The van der Waals surface area contributed by atoms with Crippen molar-refractivity contribution in [3.63, 3.8) is 0 Å². The minimum absolute atomic E-state index is 0.0355. The molecule has 28 heavy (non-hydrogen) atoms. The summed E-state index contributed by atoms with van der Waals surface area (Å²) in [6.07, 6.45) is 4.58. The van der Waals surface area contributed by atoms with Crippen molar-refractivity contribution in [2.45, 2.75) is 52.3 Å². The van der Waals surface area contributed by atoms with Gasteiger partial charge in [-0.3, -0.25) is 9.59 Å². The largest absolute Gasteiger partial charge is 0.465 e. The van der Waals surface area contributed by atoms with Crippen molar-refractivity contribution in [1.82, 2.24) is 10.2 Å². The Morgan fingerprint density at radius 2 is 1.86 bits per heavy atom. The lowest BCUT2D eigenvalue weighted by atomic mass is 10.1. The molecule has 0 saturated heterocycles. The zero-order valence-corrected chi connectivity index (χ0v) is 16.9. The van der Waals surface area contributed by atoms with Crippen LogP contribution in [0.15, 0.2) is 30.3 Å². The van der Waals surface area contributed by atoms with Gasteiger partial charge in [0.15, 0.2) is 0 Å². The third-order valence-electron chi connectivity index (χ3n) is 3.46. The lowest BCUT2D eigenvalue weighted by Gasteiger charge is -2.27. The van der Waals surface area contributed by atoms with E-state index in [1.54, 1.807) is 27.7 Å². The Bertz CT molecular complexity index is 704. The van der Waals surface area contributed by atoms with E-state index in [1.165, 1.54) is 4.90 Å². The number of hydrogen-bond donors (Lipinski definition) is 1. The average Bonchev–Trinajstić information content (AvgIpc) is 2.59. The summed E-state index contributed by atoms with van der Waals surface area (Å²) >= 11 is 0. The van der Waals surface area contributed by atoms with Gasteiger partial charge in [0.2, 0.25) is 5.91 Å². The van der Waals surface area contributed by atoms with Crippen molar-refractivity contribution < 1.29 is 23.9 Å². The quantitative estimate of drug-likeness (QED) is 0.546. The van der Waals surface area contributed by atoms with E-state index < -0.39 is 29.6 Å². The molecule has 1 unspecified atom stereocenters. The number of amides is 2. The predicted molar refractivity (Wildman–Crippen MR) is 105 cm³/mol. The van der Waals surface area contributed by atoms with E-state index in [1.807, 2.05) is 30.3 Å². The standard InChI is InChI=1S/C21H28N2O5/c1-6-11-17(22-20(26)28-21(3,4)5)19(25)23(15-18(24)27-7-2)14-16-12-9-8-10-13-16/h1,8-10,12-13,17H,7,11,14-15H2,2-5H3,(H,22,26). The second kappa shape index (κ2) is 11.0. The van der Waals surface area contributed by atoms with Gasteiger partial charge in [0.25, 0.3) is 0 Å². The van der Waals surface area contributed by atoms with Crippen LogP contribution in [0.2, 0.25) is 0 Å². The number of alkyl carbamates (subject to hydrolysis) is 1.